The van der Waals surface area contributed by atoms with Crippen molar-refractivity contribution in [3.05, 3.63) is 13.7 Å². The Morgan fingerprint density at radius 2 is 1.28 bits per heavy atom. The normalized spacial score (nSPS) is 16.2. The van der Waals surface area contributed by atoms with Gasteiger partial charge in [0.1, 0.15) is 13.1 Å². The van der Waals surface area contributed by atoms with Crippen LogP contribution in [0.15, 0.2) is 0 Å². The Labute approximate surface area is 112 Å². The van der Waals surface area contributed by atoms with E-state index in [1.54, 1.807) is 0 Å². The Morgan fingerprint density at radius 1 is 0.889 bits per heavy atom. The van der Waals surface area contributed by atoms with E-state index < -0.39 is 7.25 Å². The highest BCUT2D eigenvalue weighted by atomic mass is 32.2. The molecule has 2 heterocycles. The van der Waals surface area contributed by atoms with E-state index in [-0.39, 0.29) is 0 Å². The van der Waals surface area contributed by atoms with Crippen LogP contribution >= 0.6 is 22.7 Å². The lowest BCUT2D eigenvalue weighted by atomic mass is 10.2. The van der Waals surface area contributed by atoms with Gasteiger partial charge in [-0.15, -0.1) is 0 Å². The Hall–Kier alpha value is -0.365. The Kier molecular flexibility index (Phi) is 5.84. The van der Waals surface area contributed by atoms with Gasteiger partial charge in [-0.05, 0) is 20.3 Å². The maximum Gasteiger partial charge on any atom is 0.673 e. The first-order chi connectivity index (χ1) is 8.27. The van der Waals surface area contributed by atoms with Gasteiger partial charge in [-0.25, -0.2) is 4.58 Å². The standard InChI is InChI=1S/C10H16NS2.BF4/c1-8-9(2)13-10(12-8)11-6-4-3-5-7-11;2-1(3,4)5/h3-7H2,1-2H3;/q+1;-1. The van der Waals surface area contributed by atoms with Crippen LogP contribution < -0.4 is 8.56 Å². The van der Waals surface area contributed by atoms with E-state index >= 15 is 0 Å². The van der Waals surface area contributed by atoms with Crippen molar-refractivity contribution in [1.82, 2.24) is 4.58 Å². The van der Waals surface area contributed by atoms with E-state index in [4.69, 9.17) is 0 Å². The molecule has 2 rings (SSSR count). The summed E-state index contributed by atoms with van der Waals surface area (Å²) in [6, 6.07) is 0. The number of hydrogen-bond donors (Lipinski definition) is 0. The van der Waals surface area contributed by atoms with Gasteiger partial charge in [0.2, 0.25) is 0 Å². The first kappa shape index (κ1) is 15.7. The van der Waals surface area contributed by atoms with E-state index in [1.165, 1.54) is 46.1 Å². The van der Waals surface area contributed by atoms with Gasteiger partial charge in [-0.1, -0.05) is 22.7 Å². The molecule has 0 N–H and O–H groups in total. The number of hydrogen-bond acceptors (Lipinski definition) is 2. The van der Waals surface area contributed by atoms with Gasteiger partial charge in [0, 0.05) is 22.6 Å². The second-order valence-electron chi connectivity index (χ2n) is 4.12. The fourth-order valence-corrected chi connectivity index (χ4v) is 4.23. The van der Waals surface area contributed by atoms with Crippen molar-refractivity contribution in [3.63, 3.8) is 0 Å². The lowest BCUT2D eigenvalue weighted by Crippen LogP contribution is -2.31. The Balaban J connectivity index is 0.000000280. The third kappa shape index (κ3) is 5.99. The van der Waals surface area contributed by atoms with Crippen molar-refractivity contribution in [3.8, 4) is 0 Å². The molecule has 0 atom stereocenters. The van der Waals surface area contributed by atoms with E-state index in [0.29, 0.717) is 0 Å². The summed E-state index contributed by atoms with van der Waals surface area (Å²) in [7, 11) is -6.00. The third-order valence-corrected chi connectivity index (χ3v) is 5.31. The minimum Gasteiger partial charge on any atom is -0.418 e. The second kappa shape index (κ2) is 6.70. The van der Waals surface area contributed by atoms with Gasteiger partial charge >= 0.3 is 11.2 Å². The number of piperidine rings is 1. The van der Waals surface area contributed by atoms with E-state index in [2.05, 4.69) is 18.4 Å². The SMILES string of the molecule is Cc1sc(=[N+]2CCCCC2)sc1C.F[B-](F)(F)F. The summed E-state index contributed by atoms with van der Waals surface area (Å²) in [4.78, 5) is 2.98. The summed E-state index contributed by atoms with van der Waals surface area (Å²) in [6.45, 7) is 7.00. The van der Waals surface area contributed by atoms with Crippen molar-refractivity contribution in [1.29, 1.82) is 0 Å². The van der Waals surface area contributed by atoms with Crippen LogP contribution in [0.3, 0.4) is 0 Å². The zero-order chi connectivity index (χ0) is 13.8. The molecule has 1 fully saturated rings. The summed E-state index contributed by atoms with van der Waals surface area (Å²) in [6.07, 6.45) is 4.18. The van der Waals surface area contributed by atoms with Gasteiger partial charge < -0.3 is 17.3 Å². The molecule has 0 aromatic carbocycles. The minimum atomic E-state index is -6.00. The molecule has 0 spiro atoms. The number of nitrogens with zero attached hydrogens (tertiary/aromatic N) is 1. The maximum atomic E-state index is 9.75. The monoisotopic (exact) mass is 301 g/mol. The van der Waals surface area contributed by atoms with Gasteiger partial charge in [-0.2, -0.15) is 0 Å². The molecule has 0 bridgehead atoms. The highest BCUT2D eigenvalue weighted by molar-refractivity contribution is 7.27. The van der Waals surface area contributed by atoms with Crippen LogP contribution in [0.25, 0.3) is 0 Å². The van der Waals surface area contributed by atoms with Crippen LogP contribution in [0.4, 0.5) is 17.3 Å². The van der Waals surface area contributed by atoms with Crippen molar-refractivity contribution in [2.75, 3.05) is 13.1 Å². The number of halogens is 4. The predicted octanol–water partition coefficient (Wildman–Crippen LogP) is 3.68. The fraction of sp³-hybridized carbons (Fsp3) is 0.700. The molecule has 8 heteroatoms. The zero-order valence-electron chi connectivity index (χ0n) is 10.4. The van der Waals surface area contributed by atoms with Crippen molar-refractivity contribution in [2.24, 2.45) is 0 Å². The number of aryl methyl sites for hydroxylation is 2. The average Bonchev–Trinajstić information content (AvgIpc) is 2.58. The van der Waals surface area contributed by atoms with Crippen molar-refractivity contribution >= 4 is 29.9 Å². The summed E-state index contributed by atoms with van der Waals surface area (Å²) in [5.74, 6) is 0. The molecule has 1 saturated heterocycles. The lowest BCUT2D eigenvalue weighted by Gasteiger charge is -2.07. The highest BCUT2D eigenvalue weighted by Gasteiger charge is 2.20. The van der Waals surface area contributed by atoms with Crippen LogP contribution in [0.1, 0.15) is 29.0 Å². The molecule has 0 aliphatic carbocycles. The molecular formula is C10H16BF4NS2. The van der Waals surface area contributed by atoms with Crippen molar-refractivity contribution < 1.29 is 17.3 Å². The predicted molar refractivity (Wildman–Crippen MR) is 70.7 cm³/mol. The molecule has 0 unspecified atom stereocenters. The van der Waals surface area contributed by atoms with Crippen LogP contribution in [0.5, 0.6) is 0 Å². The molecule has 18 heavy (non-hydrogen) atoms. The topological polar surface area (TPSA) is 3.01 Å². The molecule has 104 valence electrons. The van der Waals surface area contributed by atoms with Crippen LogP contribution in [-0.2, 0) is 0 Å². The molecule has 1 aromatic heterocycles. The fourth-order valence-electron chi connectivity index (χ4n) is 1.63. The zero-order valence-corrected chi connectivity index (χ0v) is 12.0. The summed E-state index contributed by atoms with van der Waals surface area (Å²) in [5.41, 5.74) is 0. The Bertz CT molecular complexity index is 413. The lowest BCUT2D eigenvalue weighted by molar-refractivity contribution is 0.368. The highest BCUT2D eigenvalue weighted by Crippen LogP contribution is 2.14. The first-order valence-electron chi connectivity index (χ1n) is 5.80. The van der Waals surface area contributed by atoms with Gasteiger partial charge in [-0.3, -0.25) is 0 Å². The summed E-state index contributed by atoms with van der Waals surface area (Å²) < 4.78 is 43.1. The summed E-state index contributed by atoms with van der Waals surface area (Å²) in [5, 5.41) is 0. The maximum absolute atomic E-state index is 9.75. The molecule has 1 aliphatic rings. The molecule has 1 aromatic rings. The van der Waals surface area contributed by atoms with Crippen LogP contribution in [0.2, 0.25) is 0 Å². The molecule has 1 nitrogen and oxygen atoms in total. The Morgan fingerprint density at radius 3 is 1.67 bits per heavy atom. The second-order valence-corrected chi connectivity index (χ2v) is 6.79. The average molecular weight is 301 g/mol. The molecular weight excluding hydrogens is 285 g/mol. The summed E-state index contributed by atoms with van der Waals surface area (Å²) >= 11 is 3.93. The molecule has 0 amide bonds. The minimum absolute atomic E-state index is 1.27. The van der Waals surface area contributed by atoms with E-state index in [1.807, 2.05) is 22.7 Å². The van der Waals surface area contributed by atoms with E-state index in [0.717, 1.165) is 0 Å². The molecule has 1 aliphatic heterocycles. The number of rotatable bonds is 0. The first-order valence-corrected chi connectivity index (χ1v) is 7.43. The van der Waals surface area contributed by atoms with E-state index in [9.17, 15) is 17.3 Å². The van der Waals surface area contributed by atoms with Crippen molar-refractivity contribution in [2.45, 2.75) is 33.1 Å². The van der Waals surface area contributed by atoms with Gasteiger partial charge in [0.05, 0.1) is 0 Å². The smallest absolute Gasteiger partial charge is 0.418 e. The third-order valence-electron chi connectivity index (χ3n) is 2.59. The quantitative estimate of drug-likeness (QED) is 0.391. The van der Waals surface area contributed by atoms with Crippen LogP contribution in [0, 0.1) is 13.8 Å². The molecule has 0 saturated carbocycles. The van der Waals surface area contributed by atoms with Gasteiger partial charge in [0.15, 0.2) is 0 Å². The largest absolute Gasteiger partial charge is 0.673 e. The van der Waals surface area contributed by atoms with Gasteiger partial charge in [0.25, 0.3) is 0 Å². The van der Waals surface area contributed by atoms with Crippen LogP contribution in [-0.4, -0.2) is 20.3 Å². The molecule has 0 radical (unpaired) electrons.